The number of ether oxygens (including phenoxy) is 5. The van der Waals surface area contributed by atoms with Crippen LogP contribution >= 0.6 is 0 Å². The number of unbranched alkanes of at least 4 members (excludes halogenated alkanes) is 5. The standard InChI is InChI=1S/C25H53NO5/c1-7-11-12-13-14-15-17-24(25(29-8-2,30-9-3)31-10-4)18-16-19-26(20-22-27-5)21-23-28-6/h24H,7-23H2,1-6H3. The highest BCUT2D eigenvalue weighted by molar-refractivity contribution is 4.74. The summed E-state index contributed by atoms with van der Waals surface area (Å²) in [5.41, 5.74) is 0. The van der Waals surface area contributed by atoms with E-state index < -0.39 is 5.97 Å². The van der Waals surface area contributed by atoms with Crippen molar-refractivity contribution in [1.82, 2.24) is 4.90 Å². The van der Waals surface area contributed by atoms with Crippen LogP contribution in [0.25, 0.3) is 0 Å². The molecule has 0 aliphatic carbocycles. The third-order valence-electron chi connectivity index (χ3n) is 5.69. The van der Waals surface area contributed by atoms with Crippen LogP contribution in [0.3, 0.4) is 0 Å². The van der Waals surface area contributed by atoms with Gasteiger partial charge in [0.2, 0.25) is 0 Å². The van der Waals surface area contributed by atoms with Gasteiger partial charge in [0.05, 0.1) is 13.2 Å². The van der Waals surface area contributed by atoms with Crippen molar-refractivity contribution in [3.05, 3.63) is 0 Å². The van der Waals surface area contributed by atoms with Crippen molar-refractivity contribution in [1.29, 1.82) is 0 Å². The van der Waals surface area contributed by atoms with Crippen LogP contribution in [-0.4, -0.2) is 77.8 Å². The lowest BCUT2D eigenvalue weighted by molar-refractivity contribution is -0.403. The van der Waals surface area contributed by atoms with Gasteiger partial charge in [0.15, 0.2) is 0 Å². The zero-order valence-electron chi connectivity index (χ0n) is 21.6. The maximum atomic E-state index is 6.16. The molecule has 0 aliphatic rings. The predicted molar refractivity (Wildman–Crippen MR) is 129 cm³/mol. The molecule has 0 amide bonds. The minimum absolute atomic E-state index is 0.227. The fourth-order valence-corrected chi connectivity index (χ4v) is 4.09. The predicted octanol–water partition coefficient (Wildman–Crippen LogP) is 5.49. The molecule has 6 heteroatoms. The highest BCUT2D eigenvalue weighted by Gasteiger charge is 2.41. The molecular formula is C25H53NO5. The normalized spacial score (nSPS) is 13.3. The van der Waals surface area contributed by atoms with Gasteiger partial charge >= 0.3 is 0 Å². The quantitative estimate of drug-likeness (QED) is 0.144. The molecule has 188 valence electrons. The van der Waals surface area contributed by atoms with Crippen LogP contribution in [0.2, 0.25) is 0 Å². The van der Waals surface area contributed by atoms with Crippen molar-refractivity contribution in [3.63, 3.8) is 0 Å². The summed E-state index contributed by atoms with van der Waals surface area (Å²) in [7, 11) is 3.51. The van der Waals surface area contributed by atoms with Crippen LogP contribution in [-0.2, 0) is 23.7 Å². The zero-order valence-corrected chi connectivity index (χ0v) is 21.6. The van der Waals surface area contributed by atoms with Gasteiger partial charge in [-0.25, -0.2) is 0 Å². The van der Waals surface area contributed by atoms with Crippen molar-refractivity contribution >= 4 is 0 Å². The second-order valence-electron chi connectivity index (χ2n) is 8.13. The van der Waals surface area contributed by atoms with Gasteiger partial charge in [0.25, 0.3) is 5.97 Å². The topological polar surface area (TPSA) is 49.4 Å². The van der Waals surface area contributed by atoms with Crippen LogP contribution in [0.1, 0.15) is 85.5 Å². The van der Waals surface area contributed by atoms with Crippen molar-refractivity contribution in [2.75, 3.05) is 66.9 Å². The van der Waals surface area contributed by atoms with Crippen LogP contribution in [0, 0.1) is 5.92 Å². The third-order valence-corrected chi connectivity index (χ3v) is 5.69. The Labute approximate surface area is 193 Å². The molecule has 0 N–H and O–H groups in total. The van der Waals surface area contributed by atoms with Crippen LogP contribution < -0.4 is 0 Å². The van der Waals surface area contributed by atoms with Crippen molar-refractivity contribution in [2.24, 2.45) is 5.92 Å². The second-order valence-corrected chi connectivity index (χ2v) is 8.13. The largest absolute Gasteiger partial charge is 0.383 e. The second kappa shape index (κ2) is 21.6. The fourth-order valence-electron chi connectivity index (χ4n) is 4.09. The molecule has 0 radical (unpaired) electrons. The Balaban J connectivity index is 5.03. The van der Waals surface area contributed by atoms with Gasteiger partial charge in [0, 0.05) is 53.0 Å². The molecule has 1 unspecified atom stereocenters. The summed E-state index contributed by atoms with van der Waals surface area (Å²) in [5.74, 6) is -0.698. The monoisotopic (exact) mass is 447 g/mol. The van der Waals surface area contributed by atoms with E-state index in [9.17, 15) is 0 Å². The summed E-state index contributed by atoms with van der Waals surface area (Å²) in [6.07, 6.45) is 10.9. The van der Waals surface area contributed by atoms with E-state index in [1.54, 1.807) is 14.2 Å². The summed E-state index contributed by atoms with van der Waals surface area (Å²) in [4.78, 5) is 2.42. The minimum atomic E-state index is -0.925. The highest BCUT2D eigenvalue weighted by atomic mass is 16.9. The van der Waals surface area contributed by atoms with E-state index in [1.807, 2.05) is 20.8 Å². The van der Waals surface area contributed by atoms with Crippen molar-refractivity contribution in [3.8, 4) is 0 Å². The number of hydrogen-bond donors (Lipinski definition) is 0. The van der Waals surface area contributed by atoms with E-state index in [0.717, 1.165) is 52.1 Å². The Morgan fingerprint density at radius 1 is 0.613 bits per heavy atom. The third kappa shape index (κ3) is 14.5. The van der Waals surface area contributed by atoms with Gasteiger partial charge < -0.3 is 23.7 Å². The first-order valence-electron chi connectivity index (χ1n) is 12.8. The molecule has 0 heterocycles. The first-order chi connectivity index (χ1) is 15.1. The van der Waals surface area contributed by atoms with E-state index in [-0.39, 0.29) is 5.92 Å². The lowest BCUT2D eigenvalue weighted by Crippen LogP contribution is -2.47. The lowest BCUT2D eigenvalue weighted by atomic mass is 9.92. The molecule has 1 atom stereocenters. The molecule has 0 saturated carbocycles. The van der Waals surface area contributed by atoms with Gasteiger partial charge in [-0.3, -0.25) is 4.90 Å². The summed E-state index contributed by atoms with van der Waals surface area (Å²) in [6, 6.07) is 0. The molecule has 0 spiro atoms. The zero-order chi connectivity index (χ0) is 23.2. The Bertz CT molecular complexity index is 345. The van der Waals surface area contributed by atoms with Crippen LogP contribution in [0.4, 0.5) is 0 Å². The molecule has 6 nitrogen and oxygen atoms in total. The molecule has 0 aromatic rings. The molecule has 31 heavy (non-hydrogen) atoms. The van der Waals surface area contributed by atoms with Crippen LogP contribution in [0.5, 0.6) is 0 Å². The van der Waals surface area contributed by atoms with Crippen LogP contribution in [0.15, 0.2) is 0 Å². The Morgan fingerprint density at radius 2 is 1.10 bits per heavy atom. The molecule has 0 aromatic heterocycles. The Kier molecular flexibility index (Phi) is 21.4. The average molecular weight is 448 g/mol. The molecule has 0 rings (SSSR count). The first-order valence-corrected chi connectivity index (χ1v) is 12.8. The maximum absolute atomic E-state index is 6.16. The van der Waals surface area contributed by atoms with Gasteiger partial charge in [-0.05, 0) is 46.6 Å². The van der Waals surface area contributed by atoms with Gasteiger partial charge in [-0.1, -0.05) is 45.4 Å². The minimum Gasteiger partial charge on any atom is -0.383 e. The summed E-state index contributed by atoms with van der Waals surface area (Å²) in [6.45, 7) is 14.4. The van der Waals surface area contributed by atoms with E-state index in [4.69, 9.17) is 23.7 Å². The molecule has 0 aliphatic heterocycles. The van der Waals surface area contributed by atoms with Gasteiger partial charge in [-0.15, -0.1) is 0 Å². The molecular weight excluding hydrogens is 394 g/mol. The van der Waals surface area contributed by atoms with Gasteiger partial charge in [0.1, 0.15) is 0 Å². The summed E-state index contributed by atoms with van der Waals surface area (Å²) in [5, 5.41) is 0. The SMILES string of the molecule is CCCCCCCCC(CCCN(CCOC)CCOC)C(OCC)(OCC)OCC. The number of nitrogens with zero attached hydrogens (tertiary/aromatic N) is 1. The molecule has 0 saturated heterocycles. The van der Waals surface area contributed by atoms with E-state index >= 15 is 0 Å². The lowest BCUT2D eigenvalue weighted by Gasteiger charge is -2.39. The Hall–Kier alpha value is -0.240. The number of hydrogen-bond acceptors (Lipinski definition) is 6. The van der Waals surface area contributed by atoms with E-state index in [1.165, 1.54) is 38.5 Å². The average Bonchev–Trinajstić information content (AvgIpc) is 2.76. The van der Waals surface area contributed by atoms with Gasteiger partial charge in [-0.2, -0.15) is 0 Å². The fraction of sp³-hybridized carbons (Fsp3) is 1.00. The number of rotatable bonds is 24. The number of methoxy groups -OCH3 is 2. The highest BCUT2D eigenvalue weighted by Crippen LogP contribution is 2.34. The Morgan fingerprint density at radius 3 is 1.58 bits per heavy atom. The van der Waals surface area contributed by atoms with E-state index in [2.05, 4.69) is 11.8 Å². The van der Waals surface area contributed by atoms with Crippen molar-refractivity contribution in [2.45, 2.75) is 91.5 Å². The summed E-state index contributed by atoms with van der Waals surface area (Å²) >= 11 is 0. The molecule has 0 aromatic carbocycles. The van der Waals surface area contributed by atoms with Crippen molar-refractivity contribution < 1.29 is 23.7 Å². The summed E-state index contributed by atoms with van der Waals surface area (Å²) < 4.78 is 29.0. The van der Waals surface area contributed by atoms with E-state index in [0.29, 0.717) is 19.8 Å². The molecule has 0 fully saturated rings. The first kappa shape index (κ1) is 30.8. The smallest absolute Gasteiger partial charge is 0.285 e. The molecule has 0 bridgehead atoms. The maximum Gasteiger partial charge on any atom is 0.285 e.